The quantitative estimate of drug-likeness (QED) is 0.799. The fraction of sp³-hybridized carbons (Fsp3) is 0.588. The van der Waals surface area contributed by atoms with Gasteiger partial charge in [-0.1, -0.05) is 13.8 Å². The van der Waals surface area contributed by atoms with Gasteiger partial charge in [0, 0.05) is 37.3 Å². The number of aromatic nitrogens is 3. The third kappa shape index (κ3) is 4.09. The largest absolute Gasteiger partial charge is 0.298 e. The number of fused-ring (bicyclic) bond motifs is 1. The summed E-state index contributed by atoms with van der Waals surface area (Å²) >= 11 is 1.68. The number of thiazole rings is 1. The van der Waals surface area contributed by atoms with Gasteiger partial charge in [-0.2, -0.15) is 0 Å². The van der Waals surface area contributed by atoms with Gasteiger partial charge in [-0.3, -0.25) is 19.2 Å². The van der Waals surface area contributed by atoms with Crippen molar-refractivity contribution >= 4 is 11.3 Å². The Bertz CT molecular complexity index is 708. The molecule has 24 heavy (non-hydrogen) atoms. The van der Waals surface area contributed by atoms with Crippen molar-refractivity contribution < 1.29 is 0 Å². The lowest BCUT2D eigenvalue weighted by Crippen LogP contribution is -2.30. The van der Waals surface area contributed by atoms with E-state index in [1.165, 1.54) is 0 Å². The lowest BCUT2D eigenvalue weighted by Gasteiger charge is -2.20. The van der Waals surface area contributed by atoms with Crippen molar-refractivity contribution in [2.45, 2.75) is 46.4 Å². The first-order valence-electron chi connectivity index (χ1n) is 8.62. The van der Waals surface area contributed by atoms with E-state index in [-0.39, 0.29) is 5.56 Å². The van der Waals surface area contributed by atoms with Crippen LogP contribution in [0, 0.1) is 0 Å². The van der Waals surface area contributed by atoms with Gasteiger partial charge in [0.2, 0.25) is 0 Å². The highest BCUT2D eigenvalue weighted by Gasteiger charge is 2.18. The number of hydrogen-bond acceptors (Lipinski definition) is 6. The van der Waals surface area contributed by atoms with Crippen molar-refractivity contribution in [2.75, 3.05) is 19.6 Å². The Labute approximate surface area is 146 Å². The van der Waals surface area contributed by atoms with E-state index < -0.39 is 0 Å². The molecule has 0 spiro atoms. The van der Waals surface area contributed by atoms with Crippen LogP contribution in [0.25, 0.3) is 0 Å². The molecule has 0 atom stereocenters. The van der Waals surface area contributed by atoms with Crippen LogP contribution in [0.5, 0.6) is 0 Å². The molecule has 0 unspecified atom stereocenters. The first kappa shape index (κ1) is 17.3. The maximum absolute atomic E-state index is 12.5. The molecule has 130 valence electrons. The van der Waals surface area contributed by atoms with Gasteiger partial charge in [-0.05, 0) is 19.5 Å². The molecule has 0 aliphatic carbocycles. The van der Waals surface area contributed by atoms with Crippen LogP contribution in [0.3, 0.4) is 0 Å². The summed E-state index contributed by atoms with van der Waals surface area (Å²) in [6, 6.07) is 1.71. The van der Waals surface area contributed by atoms with Gasteiger partial charge >= 0.3 is 0 Å². The molecule has 0 radical (unpaired) electrons. The Hall–Kier alpha value is -1.57. The van der Waals surface area contributed by atoms with Crippen molar-refractivity contribution in [3.63, 3.8) is 0 Å². The summed E-state index contributed by atoms with van der Waals surface area (Å²) in [5, 5.41) is 3.12. The van der Waals surface area contributed by atoms with Gasteiger partial charge < -0.3 is 0 Å². The molecule has 0 N–H and O–H groups in total. The van der Waals surface area contributed by atoms with E-state index >= 15 is 0 Å². The van der Waals surface area contributed by atoms with Crippen LogP contribution in [0.1, 0.15) is 36.8 Å². The topological polar surface area (TPSA) is 54.3 Å². The van der Waals surface area contributed by atoms with E-state index in [1.807, 2.05) is 16.1 Å². The SMILES string of the molecule is CCN(CC)Cc1cc(=O)n2c(n1)CN(Cc1nccs1)CCC2. The maximum Gasteiger partial charge on any atom is 0.253 e. The highest BCUT2D eigenvalue weighted by molar-refractivity contribution is 7.09. The number of hydrogen-bond donors (Lipinski definition) is 0. The van der Waals surface area contributed by atoms with E-state index in [1.54, 1.807) is 17.4 Å². The Balaban J connectivity index is 1.81. The van der Waals surface area contributed by atoms with Gasteiger partial charge in [0.05, 0.1) is 18.8 Å². The van der Waals surface area contributed by atoms with Gasteiger partial charge in [-0.15, -0.1) is 11.3 Å². The Morgan fingerprint density at radius 2 is 2.12 bits per heavy atom. The van der Waals surface area contributed by atoms with Gasteiger partial charge in [-0.25, -0.2) is 9.97 Å². The Kier molecular flexibility index (Phi) is 5.76. The van der Waals surface area contributed by atoms with Crippen LogP contribution < -0.4 is 5.56 Å². The smallest absolute Gasteiger partial charge is 0.253 e. The normalized spacial score (nSPS) is 15.5. The molecule has 1 aliphatic rings. The molecule has 0 saturated carbocycles. The summed E-state index contributed by atoms with van der Waals surface area (Å²) in [5.41, 5.74) is 0.962. The average molecular weight is 347 g/mol. The summed E-state index contributed by atoms with van der Waals surface area (Å²) in [4.78, 5) is 26.3. The molecule has 3 heterocycles. The summed E-state index contributed by atoms with van der Waals surface area (Å²) < 4.78 is 1.84. The van der Waals surface area contributed by atoms with E-state index in [2.05, 4.69) is 28.6 Å². The summed E-state index contributed by atoms with van der Waals surface area (Å²) in [6.45, 7) is 10.2. The van der Waals surface area contributed by atoms with E-state index in [9.17, 15) is 4.79 Å². The lowest BCUT2D eigenvalue weighted by molar-refractivity contribution is 0.256. The van der Waals surface area contributed by atoms with Gasteiger partial charge in [0.1, 0.15) is 10.8 Å². The van der Waals surface area contributed by atoms with Crippen molar-refractivity contribution in [2.24, 2.45) is 0 Å². The highest BCUT2D eigenvalue weighted by Crippen LogP contribution is 2.14. The molecule has 1 aliphatic heterocycles. The van der Waals surface area contributed by atoms with Crippen LogP contribution >= 0.6 is 11.3 Å². The number of nitrogens with zero attached hydrogens (tertiary/aromatic N) is 5. The molecule has 0 amide bonds. The molecule has 6 nitrogen and oxygen atoms in total. The standard InChI is InChI=1S/C17H25N5OS/c1-3-20(4-2)11-14-10-17(23)22-8-5-7-21(12-15(22)19-14)13-16-18-6-9-24-16/h6,9-10H,3-5,7-8,11-13H2,1-2H3. The minimum Gasteiger partial charge on any atom is -0.298 e. The van der Waals surface area contributed by atoms with Crippen LogP contribution in [0.15, 0.2) is 22.4 Å². The van der Waals surface area contributed by atoms with E-state index in [0.717, 1.165) is 62.2 Å². The summed E-state index contributed by atoms with van der Waals surface area (Å²) in [5.74, 6) is 0.888. The van der Waals surface area contributed by atoms with Crippen molar-refractivity contribution in [3.05, 3.63) is 44.5 Å². The molecule has 0 bridgehead atoms. The molecule has 0 fully saturated rings. The molecular weight excluding hydrogens is 322 g/mol. The van der Waals surface area contributed by atoms with Gasteiger partial charge in [0.25, 0.3) is 5.56 Å². The second-order valence-corrected chi connectivity index (χ2v) is 7.08. The van der Waals surface area contributed by atoms with E-state index in [0.29, 0.717) is 6.54 Å². The molecule has 2 aromatic heterocycles. The molecule has 0 aromatic carbocycles. The Morgan fingerprint density at radius 1 is 1.29 bits per heavy atom. The molecule has 3 rings (SSSR count). The molecule has 0 saturated heterocycles. The predicted octanol–water partition coefficient (Wildman–Crippen LogP) is 1.95. The van der Waals surface area contributed by atoms with Crippen molar-refractivity contribution in [3.8, 4) is 0 Å². The first-order valence-corrected chi connectivity index (χ1v) is 9.50. The van der Waals surface area contributed by atoms with Crippen LogP contribution in [0.4, 0.5) is 0 Å². The average Bonchev–Trinajstić information content (AvgIpc) is 2.99. The molecule has 7 heteroatoms. The van der Waals surface area contributed by atoms with Gasteiger partial charge in [0.15, 0.2) is 0 Å². The van der Waals surface area contributed by atoms with Crippen LogP contribution in [-0.4, -0.2) is 44.0 Å². The van der Waals surface area contributed by atoms with Crippen LogP contribution in [-0.2, 0) is 26.2 Å². The Morgan fingerprint density at radius 3 is 2.83 bits per heavy atom. The van der Waals surface area contributed by atoms with Crippen molar-refractivity contribution in [1.82, 2.24) is 24.3 Å². The van der Waals surface area contributed by atoms with Crippen LogP contribution in [0.2, 0.25) is 0 Å². The molecule has 2 aromatic rings. The van der Waals surface area contributed by atoms with E-state index in [4.69, 9.17) is 4.98 Å². The second-order valence-electron chi connectivity index (χ2n) is 6.11. The predicted molar refractivity (Wildman–Crippen MR) is 96.0 cm³/mol. The molecular formula is C17H25N5OS. The zero-order valence-electron chi connectivity index (χ0n) is 14.4. The fourth-order valence-electron chi connectivity index (χ4n) is 3.11. The second kappa shape index (κ2) is 8.00. The summed E-state index contributed by atoms with van der Waals surface area (Å²) in [6.07, 6.45) is 2.81. The highest BCUT2D eigenvalue weighted by atomic mass is 32.1. The third-order valence-electron chi connectivity index (χ3n) is 4.48. The number of rotatable bonds is 6. The zero-order valence-corrected chi connectivity index (χ0v) is 15.3. The fourth-order valence-corrected chi connectivity index (χ4v) is 3.77. The summed E-state index contributed by atoms with van der Waals surface area (Å²) in [7, 11) is 0. The maximum atomic E-state index is 12.5. The first-order chi connectivity index (χ1) is 11.7. The monoisotopic (exact) mass is 347 g/mol. The minimum absolute atomic E-state index is 0.0817. The minimum atomic E-state index is 0.0817. The zero-order chi connectivity index (χ0) is 16.9. The van der Waals surface area contributed by atoms with Crippen molar-refractivity contribution in [1.29, 1.82) is 0 Å². The lowest BCUT2D eigenvalue weighted by atomic mass is 10.3. The third-order valence-corrected chi connectivity index (χ3v) is 5.25.